The second kappa shape index (κ2) is 11.1. The van der Waals surface area contributed by atoms with Gasteiger partial charge in [0.05, 0.1) is 24.9 Å². The topological polar surface area (TPSA) is 21.7 Å². The fraction of sp³-hybridized carbons (Fsp3) is 0.400. The molecule has 0 unspecified atom stereocenters. The molecule has 1 aliphatic heterocycles. The Kier molecular flexibility index (Phi) is 8.28. The highest BCUT2D eigenvalue weighted by molar-refractivity contribution is 6.99. The molecule has 0 aromatic heterocycles. The normalized spacial score (nSPS) is 19.0. The SMILES string of the molecule is C[C@H]1CN([C@H](c2cc(F)c(F)c(F)c2)[C@@H](C)O[Si](c2ccccc2)(c2ccccc2)C(C)(C)C)CCO1. The third kappa shape index (κ3) is 5.55. The second-order valence-corrected chi connectivity index (χ2v) is 15.2. The molecule has 7 heteroatoms. The lowest BCUT2D eigenvalue weighted by Gasteiger charge is -2.48. The summed E-state index contributed by atoms with van der Waals surface area (Å²) in [5.41, 5.74) is 0.357. The highest BCUT2D eigenvalue weighted by Crippen LogP contribution is 2.40. The van der Waals surface area contributed by atoms with Gasteiger partial charge in [0.1, 0.15) is 0 Å². The number of hydrogen-bond donors (Lipinski definition) is 0. The van der Waals surface area contributed by atoms with Crippen LogP contribution in [0.25, 0.3) is 0 Å². The van der Waals surface area contributed by atoms with Crippen LogP contribution in [-0.4, -0.2) is 45.1 Å². The van der Waals surface area contributed by atoms with Gasteiger partial charge in [0, 0.05) is 13.1 Å². The molecule has 4 rings (SSSR count). The quantitative estimate of drug-likeness (QED) is 0.285. The predicted octanol–water partition coefficient (Wildman–Crippen LogP) is 5.83. The summed E-state index contributed by atoms with van der Waals surface area (Å²) < 4.78 is 56.0. The molecule has 3 aromatic rings. The Bertz CT molecular complexity index is 1120. The number of halogens is 3. The van der Waals surface area contributed by atoms with E-state index in [-0.39, 0.29) is 11.1 Å². The van der Waals surface area contributed by atoms with Crippen LogP contribution in [0.1, 0.15) is 46.2 Å². The molecule has 0 aliphatic carbocycles. The molecule has 0 saturated carbocycles. The van der Waals surface area contributed by atoms with E-state index in [0.717, 1.165) is 22.5 Å². The molecule has 0 N–H and O–H groups in total. The summed E-state index contributed by atoms with van der Waals surface area (Å²) in [6.45, 7) is 12.1. The molecule has 3 atom stereocenters. The Morgan fingerprint density at radius 1 is 0.919 bits per heavy atom. The predicted molar refractivity (Wildman–Crippen MR) is 144 cm³/mol. The highest BCUT2D eigenvalue weighted by Gasteiger charge is 2.52. The Labute approximate surface area is 219 Å². The van der Waals surface area contributed by atoms with Gasteiger partial charge < -0.3 is 9.16 Å². The van der Waals surface area contributed by atoms with E-state index in [1.807, 2.05) is 50.2 Å². The van der Waals surface area contributed by atoms with Gasteiger partial charge >= 0.3 is 0 Å². The third-order valence-corrected chi connectivity index (χ3v) is 12.4. The zero-order valence-electron chi connectivity index (χ0n) is 22.2. The standard InChI is InChI=1S/C30H36F3NO2Si/c1-21-20-34(16-17-35-21)29(23-18-26(31)28(33)27(32)19-23)22(2)36-37(30(3,4)5,24-12-8-6-9-13-24)25-14-10-7-11-15-25/h6-15,18-19,21-22,29H,16-17,20H2,1-5H3/t21-,22+,29-/m0/s1. The zero-order valence-corrected chi connectivity index (χ0v) is 23.2. The molecule has 1 saturated heterocycles. The fourth-order valence-electron chi connectivity index (χ4n) is 5.66. The molecule has 3 aromatic carbocycles. The average Bonchev–Trinajstić information content (AvgIpc) is 2.86. The van der Waals surface area contributed by atoms with Crippen LogP contribution in [0.15, 0.2) is 72.8 Å². The van der Waals surface area contributed by atoms with E-state index < -0.39 is 37.9 Å². The van der Waals surface area contributed by atoms with Crippen molar-refractivity contribution >= 4 is 18.7 Å². The highest BCUT2D eigenvalue weighted by atomic mass is 28.4. The molecule has 0 spiro atoms. The van der Waals surface area contributed by atoms with E-state index in [4.69, 9.17) is 9.16 Å². The largest absolute Gasteiger partial charge is 0.403 e. The smallest absolute Gasteiger partial charge is 0.261 e. The first-order chi connectivity index (χ1) is 17.5. The van der Waals surface area contributed by atoms with Crippen LogP contribution in [-0.2, 0) is 9.16 Å². The molecule has 1 aliphatic rings. The number of morpholine rings is 1. The van der Waals surface area contributed by atoms with E-state index in [0.29, 0.717) is 25.3 Å². The van der Waals surface area contributed by atoms with Gasteiger partial charge in [-0.2, -0.15) is 0 Å². The lowest BCUT2D eigenvalue weighted by atomic mass is 9.99. The van der Waals surface area contributed by atoms with E-state index in [1.54, 1.807) is 0 Å². The van der Waals surface area contributed by atoms with Crippen molar-refractivity contribution in [2.24, 2.45) is 0 Å². The van der Waals surface area contributed by atoms with E-state index in [9.17, 15) is 13.2 Å². The van der Waals surface area contributed by atoms with Gasteiger partial charge in [-0.1, -0.05) is 81.4 Å². The van der Waals surface area contributed by atoms with E-state index in [1.165, 1.54) is 0 Å². The molecule has 0 bridgehead atoms. The van der Waals surface area contributed by atoms with Crippen molar-refractivity contribution in [3.05, 3.63) is 95.8 Å². The third-order valence-electron chi connectivity index (χ3n) is 7.24. The molecule has 3 nitrogen and oxygen atoms in total. The van der Waals surface area contributed by atoms with Crippen LogP contribution >= 0.6 is 0 Å². The van der Waals surface area contributed by atoms with Crippen molar-refractivity contribution in [2.45, 2.75) is 57.9 Å². The Morgan fingerprint density at radius 3 is 1.89 bits per heavy atom. The maximum atomic E-state index is 14.5. The zero-order chi connectivity index (χ0) is 26.8. The first-order valence-corrected chi connectivity index (χ1v) is 14.7. The number of benzene rings is 3. The lowest BCUT2D eigenvalue weighted by molar-refractivity contribution is -0.0535. The molecule has 1 heterocycles. The van der Waals surface area contributed by atoms with Crippen molar-refractivity contribution in [1.82, 2.24) is 4.90 Å². The van der Waals surface area contributed by atoms with E-state index >= 15 is 0 Å². The maximum Gasteiger partial charge on any atom is 0.261 e. The fourth-order valence-corrected chi connectivity index (χ4v) is 10.4. The van der Waals surface area contributed by atoms with Crippen LogP contribution in [0.2, 0.25) is 5.04 Å². The van der Waals surface area contributed by atoms with Crippen LogP contribution in [0.3, 0.4) is 0 Å². The van der Waals surface area contributed by atoms with Crippen molar-refractivity contribution < 1.29 is 22.3 Å². The van der Waals surface area contributed by atoms with Gasteiger partial charge in [-0.15, -0.1) is 0 Å². The molecule has 0 amide bonds. The molecule has 0 radical (unpaired) electrons. The first-order valence-electron chi connectivity index (χ1n) is 12.8. The van der Waals surface area contributed by atoms with Gasteiger partial charge in [-0.05, 0) is 47.0 Å². The minimum Gasteiger partial charge on any atom is -0.403 e. The Morgan fingerprint density at radius 2 is 1.43 bits per heavy atom. The molecule has 198 valence electrons. The second-order valence-electron chi connectivity index (χ2n) is 10.9. The van der Waals surface area contributed by atoms with Crippen LogP contribution < -0.4 is 10.4 Å². The maximum absolute atomic E-state index is 14.5. The summed E-state index contributed by atoms with van der Waals surface area (Å²) in [6, 6.07) is 22.2. The van der Waals surface area contributed by atoms with Gasteiger partial charge in [0.15, 0.2) is 17.5 Å². The average molecular weight is 528 g/mol. The molecular formula is C30H36F3NO2Si. The lowest BCUT2D eigenvalue weighted by Crippen LogP contribution is -2.68. The number of rotatable bonds is 7. The van der Waals surface area contributed by atoms with Gasteiger partial charge in [-0.3, -0.25) is 4.90 Å². The van der Waals surface area contributed by atoms with E-state index in [2.05, 4.69) is 49.9 Å². The number of nitrogens with zero attached hydrogens (tertiary/aromatic N) is 1. The summed E-state index contributed by atoms with van der Waals surface area (Å²) in [4.78, 5) is 2.14. The monoisotopic (exact) mass is 527 g/mol. The van der Waals surface area contributed by atoms with Gasteiger partial charge in [-0.25, -0.2) is 13.2 Å². The summed E-state index contributed by atoms with van der Waals surface area (Å²) >= 11 is 0. The van der Waals surface area contributed by atoms with Gasteiger partial charge in [0.2, 0.25) is 0 Å². The summed E-state index contributed by atoms with van der Waals surface area (Å²) in [5, 5.41) is 1.96. The summed E-state index contributed by atoms with van der Waals surface area (Å²) in [7, 11) is -2.95. The van der Waals surface area contributed by atoms with Crippen LogP contribution in [0.5, 0.6) is 0 Å². The van der Waals surface area contributed by atoms with Crippen molar-refractivity contribution in [3.63, 3.8) is 0 Å². The Hall–Kier alpha value is -2.45. The number of ether oxygens (including phenoxy) is 1. The van der Waals surface area contributed by atoms with Crippen molar-refractivity contribution in [3.8, 4) is 0 Å². The summed E-state index contributed by atoms with van der Waals surface area (Å²) in [6.07, 6.45) is -0.521. The van der Waals surface area contributed by atoms with Crippen molar-refractivity contribution in [1.29, 1.82) is 0 Å². The van der Waals surface area contributed by atoms with Crippen LogP contribution in [0, 0.1) is 17.5 Å². The molecule has 37 heavy (non-hydrogen) atoms. The summed E-state index contributed by atoms with van der Waals surface area (Å²) in [5.74, 6) is -3.85. The van der Waals surface area contributed by atoms with Gasteiger partial charge in [0.25, 0.3) is 8.32 Å². The first kappa shape index (κ1) is 27.6. The van der Waals surface area contributed by atoms with Crippen LogP contribution in [0.4, 0.5) is 13.2 Å². The minimum absolute atomic E-state index is 0.0496. The Balaban J connectivity index is 1.87. The molecular weight excluding hydrogens is 491 g/mol. The number of hydrogen-bond acceptors (Lipinski definition) is 3. The minimum atomic E-state index is -2.95. The molecule has 1 fully saturated rings. The van der Waals surface area contributed by atoms with Crippen molar-refractivity contribution in [2.75, 3.05) is 19.7 Å².